The molecule has 1 fully saturated rings. The third kappa shape index (κ3) is 6.38. The molecule has 172 valence electrons. The van der Waals surface area contributed by atoms with E-state index in [1.54, 1.807) is 18.3 Å². The summed E-state index contributed by atoms with van der Waals surface area (Å²) < 4.78 is 31.8. The van der Waals surface area contributed by atoms with E-state index in [2.05, 4.69) is 31.2 Å². The van der Waals surface area contributed by atoms with Gasteiger partial charge >= 0.3 is 0 Å². The molecule has 1 N–H and O–H groups in total. The maximum absolute atomic E-state index is 12.6. The van der Waals surface area contributed by atoms with E-state index in [1.807, 2.05) is 24.3 Å². The van der Waals surface area contributed by atoms with Gasteiger partial charge < -0.3 is 14.9 Å². The zero-order valence-electron chi connectivity index (χ0n) is 18.6. The second-order valence-electron chi connectivity index (χ2n) is 8.47. The van der Waals surface area contributed by atoms with E-state index in [-0.39, 0.29) is 16.9 Å². The summed E-state index contributed by atoms with van der Waals surface area (Å²) in [6.45, 7) is 7.62. The van der Waals surface area contributed by atoms with Crippen molar-refractivity contribution in [2.45, 2.75) is 31.1 Å². The minimum atomic E-state index is -3.57. The predicted octanol–water partition coefficient (Wildman–Crippen LogP) is 2.99. The number of nitrogens with one attached hydrogen (secondary N) is 1. The van der Waals surface area contributed by atoms with E-state index < -0.39 is 15.9 Å². The number of amides is 1. The Kier molecular flexibility index (Phi) is 7.65. The van der Waals surface area contributed by atoms with Gasteiger partial charge in [0, 0.05) is 18.8 Å². The number of ether oxygens (including phenoxy) is 1. The Hall–Kier alpha value is -2.75. The Balaban J connectivity index is 1.48. The molecule has 0 unspecified atom stereocenters. The van der Waals surface area contributed by atoms with Gasteiger partial charge in [0.2, 0.25) is 10.0 Å². The zero-order chi connectivity index (χ0) is 23.2. The van der Waals surface area contributed by atoms with Crippen molar-refractivity contribution in [1.82, 2.24) is 4.31 Å². The van der Waals surface area contributed by atoms with Gasteiger partial charge in [0.05, 0.1) is 24.3 Å². The number of benzene rings is 2. The van der Waals surface area contributed by atoms with Crippen LogP contribution in [0.3, 0.4) is 0 Å². The van der Waals surface area contributed by atoms with Crippen LogP contribution in [0.15, 0.2) is 58.6 Å². The molecule has 1 saturated heterocycles. The number of morpholine rings is 1. The highest BCUT2D eigenvalue weighted by Crippen LogP contribution is 2.22. The molecule has 0 bridgehead atoms. The van der Waals surface area contributed by atoms with Crippen LogP contribution in [0.1, 0.15) is 31.9 Å². The van der Waals surface area contributed by atoms with Gasteiger partial charge in [-0.05, 0) is 40.8 Å². The van der Waals surface area contributed by atoms with Crippen molar-refractivity contribution in [3.8, 4) is 0 Å². The molecule has 3 rings (SSSR count). The summed E-state index contributed by atoms with van der Waals surface area (Å²) in [6.07, 6.45) is 1.55. The van der Waals surface area contributed by atoms with Gasteiger partial charge in [-0.15, -0.1) is 0 Å². The molecule has 0 radical (unpaired) electrons. The first kappa shape index (κ1) is 23.9. The van der Waals surface area contributed by atoms with E-state index >= 15 is 0 Å². The second-order valence-corrected chi connectivity index (χ2v) is 10.4. The van der Waals surface area contributed by atoms with Gasteiger partial charge in [0.25, 0.3) is 5.91 Å². The summed E-state index contributed by atoms with van der Waals surface area (Å²) in [7, 11) is -3.57. The lowest BCUT2D eigenvalue weighted by Crippen LogP contribution is -2.40. The van der Waals surface area contributed by atoms with Gasteiger partial charge in [-0.1, -0.05) is 50.2 Å². The number of rotatable bonds is 7. The Bertz CT molecular complexity index is 1040. The summed E-state index contributed by atoms with van der Waals surface area (Å²) in [5, 5.41) is 6.49. The van der Waals surface area contributed by atoms with E-state index in [9.17, 15) is 13.2 Å². The second kappa shape index (κ2) is 10.2. The molecular weight excluding hydrogens is 430 g/mol. The highest BCUT2D eigenvalue weighted by Gasteiger charge is 2.26. The van der Waals surface area contributed by atoms with Crippen molar-refractivity contribution >= 4 is 27.8 Å². The van der Waals surface area contributed by atoms with Crippen molar-refractivity contribution in [3.05, 3.63) is 59.7 Å². The fourth-order valence-corrected chi connectivity index (χ4v) is 4.51. The van der Waals surface area contributed by atoms with Crippen LogP contribution in [0.25, 0.3) is 0 Å². The van der Waals surface area contributed by atoms with Crippen LogP contribution in [0.5, 0.6) is 0 Å². The molecule has 1 amide bonds. The highest BCUT2D eigenvalue weighted by molar-refractivity contribution is 7.89. The monoisotopic (exact) mass is 459 g/mol. The van der Waals surface area contributed by atoms with E-state index in [4.69, 9.17) is 9.57 Å². The topological polar surface area (TPSA) is 97.3 Å². The summed E-state index contributed by atoms with van der Waals surface area (Å²) in [5.41, 5.74) is 2.64. The third-order valence-electron chi connectivity index (χ3n) is 4.99. The molecule has 1 heterocycles. The highest BCUT2D eigenvalue weighted by atomic mass is 32.2. The standard InChI is InChI=1S/C23H29N3O5S/c1-23(2,3)19-6-4-18(5-7-19)16-24-31-17-22(27)25-20-8-10-21(11-9-20)32(28,29)26-12-14-30-15-13-26/h4-11,16H,12-15,17H2,1-3H3,(H,25,27)/b24-16-. The maximum Gasteiger partial charge on any atom is 0.265 e. The van der Waals surface area contributed by atoms with Gasteiger partial charge in [-0.3, -0.25) is 4.79 Å². The first-order valence-electron chi connectivity index (χ1n) is 10.4. The number of hydrogen-bond acceptors (Lipinski definition) is 6. The Labute approximate surface area is 189 Å². The molecule has 8 nitrogen and oxygen atoms in total. The average Bonchev–Trinajstić information content (AvgIpc) is 2.77. The summed E-state index contributed by atoms with van der Waals surface area (Å²) in [6, 6.07) is 14.0. The minimum Gasteiger partial charge on any atom is -0.386 e. The van der Waals surface area contributed by atoms with Crippen LogP contribution in [-0.2, 0) is 29.8 Å². The number of nitrogens with zero attached hydrogens (tertiary/aromatic N) is 2. The van der Waals surface area contributed by atoms with Gasteiger partial charge in [0.15, 0.2) is 6.61 Å². The molecule has 32 heavy (non-hydrogen) atoms. The molecule has 0 aliphatic carbocycles. The van der Waals surface area contributed by atoms with E-state index in [1.165, 1.54) is 22.0 Å². The summed E-state index contributed by atoms with van der Waals surface area (Å²) in [4.78, 5) is 17.3. The summed E-state index contributed by atoms with van der Waals surface area (Å²) >= 11 is 0. The maximum atomic E-state index is 12.6. The van der Waals surface area contributed by atoms with Crippen LogP contribution in [0.2, 0.25) is 0 Å². The van der Waals surface area contributed by atoms with E-state index in [0.29, 0.717) is 32.0 Å². The van der Waals surface area contributed by atoms with Gasteiger partial charge in [-0.2, -0.15) is 4.31 Å². The number of carbonyl (C=O) groups is 1. The minimum absolute atomic E-state index is 0.0785. The Morgan fingerprint density at radius 1 is 1.09 bits per heavy atom. The normalized spacial score (nSPS) is 15.6. The van der Waals surface area contributed by atoms with Crippen molar-refractivity contribution in [2.75, 3.05) is 38.2 Å². The van der Waals surface area contributed by atoms with Gasteiger partial charge in [0.1, 0.15) is 0 Å². The largest absolute Gasteiger partial charge is 0.386 e. The quantitative estimate of drug-likeness (QED) is 0.507. The lowest BCUT2D eigenvalue weighted by molar-refractivity contribution is -0.120. The molecule has 0 spiro atoms. The Morgan fingerprint density at radius 3 is 2.31 bits per heavy atom. The molecule has 0 aromatic heterocycles. The number of sulfonamides is 1. The molecule has 0 saturated carbocycles. The first-order chi connectivity index (χ1) is 15.2. The smallest absolute Gasteiger partial charge is 0.265 e. The fourth-order valence-electron chi connectivity index (χ4n) is 3.11. The zero-order valence-corrected chi connectivity index (χ0v) is 19.4. The van der Waals surface area contributed by atoms with Crippen LogP contribution < -0.4 is 5.32 Å². The molecular formula is C23H29N3O5S. The van der Waals surface area contributed by atoms with Crippen molar-refractivity contribution in [1.29, 1.82) is 0 Å². The lowest BCUT2D eigenvalue weighted by Gasteiger charge is -2.26. The van der Waals surface area contributed by atoms with E-state index in [0.717, 1.165) is 5.56 Å². The SMILES string of the molecule is CC(C)(C)c1ccc(/C=N\OCC(=O)Nc2ccc(S(=O)(=O)N3CCOCC3)cc2)cc1. The van der Waals surface area contributed by atoms with Crippen molar-refractivity contribution < 1.29 is 22.8 Å². The average molecular weight is 460 g/mol. The number of anilines is 1. The molecule has 0 atom stereocenters. The first-order valence-corrected chi connectivity index (χ1v) is 11.8. The lowest BCUT2D eigenvalue weighted by atomic mass is 9.87. The number of hydrogen-bond donors (Lipinski definition) is 1. The van der Waals surface area contributed by atoms with Crippen LogP contribution in [0.4, 0.5) is 5.69 Å². The van der Waals surface area contributed by atoms with Crippen molar-refractivity contribution in [2.24, 2.45) is 5.16 Å². The Morgan fingerprint density at radius 2 is 1.72 bits per heavy atom. The molecule has 1 aliphatic heterocycles. The van der Waals surface area contributed by atoms with Crippen LogP contribution >= 0.6 is 0 Å². The predicted molar refractivity (Wildman–Crippen MR) is 123 cm³/mol. The van der Waals surface area contributed by atoms with Crippen LogP contribution in [-0.4, -0.2) is 57.8 Å². The van der Waals surface area contributed by atoms with Crippen LogP contribution in [0, 0.1) is 0 Å². The van der Waals surface area contributed by atoms with Crippen molar-refractivity contribution in [3.63, 3.8) is 0 Å². The fraction of sp³-hybridized carbons (Fsp3) is 0.391. The molecule has 2 aromatic rings. The summed E-state index contributed by atoms with van der Waals surface area (Å²) in [5.74, 6) is -0.394. The molecule has 2 aromatic carbocycles. The molecule has 1 aliphatic rings. The number of oxime groups is 1. The molecule has 9 heteroatoms. The van der Waals surface area contributed by atoms with Gasteiger partial charge in [-0.25, -0.2) is 8.42 Å². The third-order valence-corrected chi connectivity index (χ3v) is 6.91. The number of carbonyl (C=O) groups excluding carboxylic acids is 1.